The van der Waals surface area contributed by atoms with Gasteiger partial charge in [0.25, 0.3) is 0 Å². The summed E-state index contributed by atoms with van der Waals surface area (Å²) in [5.74, 6) is 0.759. The van der Waals surface area contributed by atoms with Crippen LogP contribution in [0.5, 0.6) is 0 Å². The number of allylic oxidation sites excluding steroid dienone is 4. The molecule has 0 heteroatoms. The smallest absolute Gasteiger partial charge is 0.0104 e. The first-order valence-electron chi connectivity index (χ1n) is 5.47. The Kier molecular flexibility index (Phi) is 1.11. The van der Waals surface area contributed by atoms with Crippen LogP contribution in [-0.4, -0.2) is 0 Å². The van der Waals surface area contributed by atoms with E-state index in [4.69, 9.17) is 0 Å². The van der Waals surface area contributed by atoms with Gasteiger partial charge in [-0.1, -0.05) is 30.4 Å². The minimum absolute atomic E-state index is 0.759. The Balaban J connectivity index is 2.08. The van der Waals surface area contributed by atoms with Crippen molar-refractivity contribution >= 4 is 5.57 Å². The molecule has 0 aromatic heterocycles. The molecule has 0 saturated heterocycles. The molecule has 14 heavy (non-hydrogen) atoms. The van der Waals surface area contributed by atoms with Gasteiger partial charge >= 0.3 is 0 Å². The molecular weight excluding hydrogens is 168 g/mol. The summed E-state index contributed by atoms with van der Waals surface area (Å²) in [5.41, 5.74) is 8.08. The van der Waals surface area contributed by atoms with E-state index in [1.807, 2.05) is 0 Å². The average Bonchev–Trinajstić information content (AvgIpc) is 2.87. The highest BCUT2D eigenvalue weighted by atomic mass is 14.4. The molecule has 1 aromatic carbocycles. The number of benzene rings is 1. The summed E-state index contributed by atoms with van der Waals surface area (Å²) >= 11 is 0. The van der Waals surface area contributed by atoms with E-state index < -0.39 is 0 Å². The lowest BCUT2D eigenvalue weighted by Gasteiger charge is -2.06. The Hall–Kier alpha value is -1.30. The lowest BCUT2D eigenvalue weighted by molar-refractivity contribution is 0.799. The molecule has 1 unspecified atom stereocenters. The van der Waals surface area contributed by atoms with Crippen molar-refractivity contribution in [2.24, 2.45) is 0 Å². The van der Waals surface area contributed by atoms with E-state index >= 15 is 0 Å². The molecule has 0 N–H and O–H groups in total. The Labute approximate surface area is 84.0 Å². The van der Waals surface area contributed by atoms with Crippen molar-refractivity contribution in [1.29, 1.82) is 0 Å². The summed E-state index contributed by atoms with van der Waals surface area (Å²) in [6.07, 6.45) is 8.48. The molecule has 68 valence electrons. The van der Waals surface area contributed by atoms with Crippen molar-refractivity contribution in [1.82, 2.24) is 0 Å². The van der Waals surface area contributed by atoms with E-state index in [1.54, 1.807) is 27.8 Å². The third-order valence-corrected chi connectivity index (χ3v) is 3.92. The predicted octanol–water partition coefficient (Wildman–Crippen LogP) is 3.44. The lowest BCUT2D eigenvalue weighted by atomic mass is 9.98. The second kappa shape index (κ2) is 2.20. The van der Waals surface area contributed by atoms with E-state index in [0.29, 0.717) is 0 Å². The summed E-state index contributed by atoms with van der Waals surface area (Å²) in [7, 11) is 0. The molecule has 0 nitrogen and oxygen atoms in total. The maximum Gasteiger partial charge on any atom is 0.0104 e. The van der Waals surface area contributed by atoms with Gasteiger partial charge in [-0.15, -0.1) is 0 Å². The van der Waals surface area contributed by atoms with Crippen LogP contribution >= 0.6 is 0 Å². The van der Waals surface area contributed by atoms with Crippen LogP contribution in [0.25, 0.3) is 5.57 Å². The first-order chi connectivity index (χ1) is 6.95. The molecule has 0 amide bonds. The maximum absolute atomic E-state index is 2.36. The van der Waals surface area contributed by atoms with Crippen LogP contribution in [0.2, 0.25) is 0 Å². The summed E-state index contributed by atoms with van der Waals surface area (Å²) in [5, 5.41) is 0. The molecule has 1 aromatic rings. The number of rotatable bonds is 0. The van der Waals surface area contributed by atoms with Gasteiger partial charge in [-0.3, -0.25) is 0 Å². The zero-order valence-electron chi connectivity index (χ0n) is 8.09. The van der Waals surface area contributed by atoms with Gasteiger partial charge in [0.2, 0.25) is 0 Å². The molecule has 0 aliphatic heterocycles. The van der Waals surface area contributed by atoms with Crippen LogP contribution in [0, 0.1) is 0 Å². The minimum Gasteiger partial charge on any atom is -0.0798 e. The van der Waals surface area contributed by atoms with Crippen LogP contribution in [0.3, 0.4) is 0 Å². The van der Waals surface area contributed by atoms with Crippen LogP contribution in [-0.2, 0) is 6.42 Å². The second-order valence-corrected chi connectivity index (χ2v) is 4.51. The van der Waals surface area contributed by atoms with Crippen LogP contribution in [0.15, 0.2) is 35.9 Å². The Morgan fingerprint density at radius 3 is 3.21 bits per heavy atom. The van der Waals surface area contributed by atoms with Gasteiger partial charge in [0.1, 0.15) is 0 Å². The highest BCUT2D eigenvalue weighted by Crippen LogP contribution is 2.53. The van der Waals surface area contributed by atoms with Gasteiger partial charge in [-0.2, -0.15) is 0 Å². The average molecular weight is 180 g/mol. The predicted molar refractivity (Wildman–Crippen MR) is 58.2 cm³/mol. The number of hydrogen-bond acceptors (Lipinski definition) is 0. The van der Waals surface area contributed by atoms with Crippen molar-refractivity contribution in [3.05, 3.63) is 52.6 Å². The molecule has 3 aliphatic carbocycles. The Morgan fingerprint density at radius 2 is 2.21 bits per heavy atom. The second-order valence-electron chi connectivity index (χ2n) is 4.51. The number of fused-ring (bicyclic) bond motifs is 2. The molecule has 0 heterocycles. The third-order valence-electron chi connectivity index (χ3n) is 3.92. The molecule has 0 saturated carbocycles. The molecular formula is C14H12. The van der Waals surface area contributed by atoms with E-state index in [-0.39, 0.29) is 0 Å². The van der Waals surface area contributed by atoms with Crippen molar-refractivity contribution < 1.29 is 0 Å². The standard InChI is InChI=1S/C14H12/c1-3-9-7-8-13-11-5-2-4-10(11)12(6-1)14(9)13/h1-3,5-6,13H,4,7-8H2. The maximum atomic E-state index is 2.36. The zero-order chi connectivity index (χ0) is 9.12. The fourth-order valence-corrected chi connectivity index (χ4v) is 3.37. The molecule has 0 spiro atoms. The first kappa shape index (κ1) is 7.05. The van der Waals surface area contributed by atoms with Crippen LogP contribution < -0.4 is 0 Å². The van der Waals surface area contributed by atoms with Gasteiger partial charge in [0.05, 0.1) is 0 Å². The Bertz CT molecular complexity index is 489. The zero-order valence-corrected chi connectivity index (χ0v) is 8.09. The lowest BCUT2D eigenvalue weighted by Crippen LogP contribution is -1.90. The first-order valence-corrected chi connectivity index (χ1v) is 5.47. The summed E-state index contributed by atoms with van der Waals surface area (Å²) < 4.78 is 0. The summed E-state index contributed by atoms with van der Waals surface area (Å²) in [4.78, 5) is 0. The molecule has 1 atom stereocenters. The highest BCUT2D eigenvalue weighted by Gasteiger charge is 2.36. The quantitative estimate of drug-likeness (QED) is 0.573. The topological polar surface area (TPSA) is 0 Å². The van der Waals surface area contributed by atoms with Crippen molar-refractivity contribution in [3.8, 4) is 0 Å². The third kappa shape index (κ3) is 0.639. The molecule has 3 aliphatic rings. The van der Waals surface area contributed by atoms with E-state index in [2.05, 4.69) is 30.4 Å². The molecule has 0 radical (unpaired) electrons. The van der Waals surface area contributed by atoms with Crippen LogP contribution in [0.4, 0.5) is 0 Å². The monoisotopic (exact) mass is 180 g/mol. The van der Waals surface area contributed by atoms with Gasteiger partial charge < -0.3 is 0 Å². The van der Waals surface area contributed by atoms with Crippen LogP contribution in [0.1, 0.15) is 35.4 Å². The van der Waals surface area contributed by atoms with Gasteiger partial charge in [0, 0.05) is 5.92 Å². The summed E-state index contributed by atoms with van der Waals surface area (Å²) in [6.45, 7) is 0. The fraction of sp³-hybridized carbons (Fsp3) is 0.286. The number of aryl methyl sites for hydroxylation is 1. The minimum atomic E-state index is 0.759. The van der Waals surface area contributed by atoms with Gasteiger partial charge in [-0.05, 0) is 47.1 Å². The highest BCUT2D eigenvalue weighted by molar-refractivity contribution is 5.85. The van der Waals surface area contributed by atoms with Gasteiger partial charge in [-0.25, -0.2) is 0 Å². The molecule has 0 fully saturated rings. The fourth-order valence-electron chi connectivity index (χ4n) is 3.37. The van der Waals surface area contributed by atoms with E-state index in [1.165, 1.54) is 19.3 Å². The van der Waals surface area contributed by atoms with Crippen molar-refractivity contribution in [2.45, 2.75) is 25.2 Å². The SMILES string of the molecule is C1=CC2=C(C1)c1cccc3c1C2CC3. The van der Waals surface area contributed by atoms with Crippen molar-refractivity contribution in [3.63, 3.8) is 0 Å². The van der Waals surface area contributed by atoms with E-state index in [9.17, 15) is 0 Å². The largest absolute Gasteiger partial charge is 0.0798 e. The molecule has 0 bridgehead atoms. The van der Waals surface area contributed by atoms with Gasteiger partial charge in [0.15, 0.2) is 0 Å². The molecule has 4 rings (SSSR count). The van der Waals surface area contributed by atoms with Crippen molar-refractivity contribution in [2.75, 3.05) is 0 Å². The summed E-state index contributed by atoms with van der Waals surface area (Å²) in [6, 6.07) is 6.85. The Morgan fingerprint density at radius 1 is 1.21 bits per heavy atom. The normalized spacial score (nSPS) is 25.9. The number of hydrogen-bond donors (Lipinski definition) is 0. The van der Waals surface area contributed by atoms with E-state index in [0.717, 1.165) is 5.92 Å².